The van der Waals surface area contributed by atoms with Crippen molar-refractivity contribution in [1.82, 2.24) is 4.57 Å². The molecule has 0 radical (unpaired) electrons. The smallest absolute Gasteiger partial charge is 0.272 e. The zero-order chi connectivity index (χ0) is 14.9. The van der Waals surface area contributed by atoms with E-state index in [0.717, 1.165) is 0 Å². The maximum atomic E-state index is 12.1. The number of anilines is 2. The molecule has 0 fully saturated rings. The molecule has 1 amide bonds. The first-order valence-electron chi connectivity index (χ1n) is 5.64. The Morgan fingerprint density at radius 3 is 2.50 bits per heavy atom. The van der Waals surface area contributed by atoms with Crippen molar-refractivity contribution in [3.8, 4) is 0 Å². The van der Waals surface area contributed by atoms with Crippen molar-refractivity contribution in [1.29, 1.82) is 0 Å². The molecule has 1 aromatic heterocycles. The molecular formula is C12H14N4O3S. The summed E-state index contributed by atoms with van der Waals surface area (Å²) in [6, 6.07) is 7.41. The van der Waals surface area contributed by atoms with E-state index in [-0.39, 0.29) is 10.6 Å². The van der Waals surface area contributed by atoms with Crippen LogP contribution in [0.1, 0.15) is 10.5 Å². The normalized spacial score (nSPS) is 11.3. The molecule has 0 saturated carbocycles. The van der Waals surface area contributed by atoms with Crippen molar-refractivity contribution < 1.29 is 13.2 Å². The van der Waals surface area contributed by atoms with Crippen LogP contribution in [-0.2, 0) is 17.1 Å². The zero-order valence-corrected chi connectivity index (χ0v) is 11.5. The molecule has 5 N–H and O–H groups in total. The van der Waals surface area contributed by atoms with E-state index in [1.807, 2.05) is 0 Å². The summed E-state index contributed by atoms with van der Waals surface area (Å²) in [7, 11) is -2.25. The van der Waals surface area contributed by atoms with Gasteiger partial charge in [-0.05, 0) is 18.2 Å². The Hall–Kier alpha value is -2.32. The highest BCUT2D eigenvalue weighted by atomic mass is 32.2. The maximum absolute atomic E-state index is 12.1. The molecule has 7 nitrogen and oxygen atoms in total. The second-order valence-electron chi connectivity index (χ2n) is 4.26. The fourth-order valence-electron chi connectivity index (χ4n) is 1.82. The molecular weight excluding hydrogens is 280 g/mol. The van der Waals surface area contributed by atoms with Gasteiger partial charge in [-0.15, -0.1) is 0 Å². The van der Waals surface area contributed by atoms with Crippen LogP contribution in [0, 0.1) is 0 Å². The minimum atomic E-state index is -3.91. The van der Waals surface area contributed by atoms with Gasteiger partial charge in [-0.3, -0.25) is 4.79 Å². The van der Waals surface area contributed by atoms with Crippen LogP contribution >= 0.6 is 0 Å². The van der Waals surface area contributed by atoms with Crippen molar-refractivity contribution in [3.63, 3.8) is 0 Å². The highest BCUT2D eigenvalue weighted by Crippen LogP contribution is 2.20. The quantitative estimate of drug-likeness (QED) is 0.763. The summed E-state index contributed by atoms with van der Waals surface area (Å²) in [6.07, 6.45) is 1.58. The van der Waals surface area contributed by atoms with Gasteiger partial charge in [0.05, 0.1) is 11.4 Å². The van der Waals surface area contributed by atoms with E-state index in [9.17, 15) is 13.2 Å². The summed E-state index contributed by atoms with van der Waals surface area (Å²) < 4.78 is 24.4. The topological polar surface area (TPSA) is 120 Å². The van der Waals surface area contributed by atoms with Crippen LogP contribution in [0.3, 0.4) is 0 Å². The largest absolute Gasteiger partial charge is 0.397 e. The minimum Gasteiger partial charge on any atom is -0.397 e. The van der Waals surface area contributed by atoms with Crippen molar-refractivity contribution in [3.05, 3.63) is 42.2 Å². The Morgan fingerprint density at radius 1 is 1.30 bits per heavy atom. The Labute approximate surface area is 116 Å². The third-order valence-electron chi connectivity index (χ3n) is 2.70. The van der Waals surface area contributed by atoms with Gasteiger partial charge in [0.1, 0.15) is 10.6 Å². The molecule has 1 aromatic carbocycles. The highest BCUT2D eigenvalue weighted by molar-refractivity contribution is 7.89. The molecule has 0 saturated heterocycles. The number of hydrogen-bond donors (Lipinski definition) is 3. The molecule has 0 aliphatic carbocycles. The number of sulfonamides is 1. The number of carbonyl (C=O) groups excluding carboxylic acids is 1. The Balaban J connectivity index is 2.36. The second-order valence-corrected chi connectivity index (χ2v) is 5.79. The first-order valence-corrected chi connectivity index (χ1v) is 7.18. The summed E-state index contributed by atoms with van der Waals surface area (Å²) in [5.41, 5.74) is 6.47. The van der Waals surface area contributed by atoms with Gasteiger partial charge in [0.2, 0.25) is 10.0 Å². The molecule has 8 heteroatoms. The van der Waals surface area contributed by atoms with Crippen molar-refractivity contribution in [2.45, 2.75) is 4.90 Å². The molecule has 0 atom stereocenters. The maximum Gasteiger partial charge on any atom is 0.272 e. The first kappa shape index (κ1) is 14.1. The average Bonchev–Trinajstić information content (AvgIpc) is 2.68. The summed E-state index contributed by atoms with van der Waals surface area (Å²) >= 11 is 0. The zero-order valence-electron chi connectivity index (χ0n) is 10.7. The number of rotatable bonds is 3. The third kappa shape index (κ3) is 2.81. The number of benzene rings is 1. The number of para-hydroxylation sites is 1. The Kier molecular flexibility index (Phi) is 3.51. The number of amides is 1. The van der Waals surface area contributed by atoms with Gasteiger partial charge in [-0.25, -0.2) is 13.6 Å². The van der Waals surface area contributed by atoms with E-state index < -0.39 is 15.9 Å². The lowest BCUT2D eigenvalue weighted by atomic mass is 10.3. The van der Waals surface area contributed by atoms with Crippen LogP contribution in [0.15, 0.2) is 41.4 Å². The van der Waals surface area contributed by atoms with Crippen LogP contribution in [0.5, 0.6) is 0 Å². The average molecular weight is 294 g/mol. The summed E-state index contributed by atoms with van der Waals surface area (Å²) in [4.78, 5) is 12.0. The molecule has 0 aliphatic heterocycles. The van der Waals surface area contributed by atoms with Crippen molar-refractivity contribution in [2.24, 2.45) is 12.2 Å². The number of nitrogen functional groups attached to an aromatic ring is 1. The minimum absolute atomic E-state index is 0.125. The number of nitrogens with one attached hydrogen (secondary N) is 1. The standard InChI is InChI=1S/C12H14N4O3S/c1-16-7-8(13)6-10(16)12(17)15-9-4-2-3-5-11(9)20(14,18)19/h2-7H,13H2,1H3,(H,15,17)(H2,14,18,19). The van der Waals surface area contributed by atoms with E-state index in [1.165, 1.54) is 24.3 Å². The van der Waals surface area contributed by atoms with E-state index in [4.69, 9.17) is 10.9 Å². The van der Waals surface area contributed by atoms with Crippen LogP contribution < -0.4 is 16.2 Å². The number of aromatic nitrogens is 1. The number of hydrogen-bond acceptors (Lipinski definition) is 4. The van der Waals surface area contributed by atoms with Gasteiger partial charge in [-0.1, -0.05) is 12.1 Å². The van der Waals surface area contributed by atoms with Gasteiger partial charge < -0.3 is 15.6 Å². The molecule has 2 rings (SSSR count). The molecule has 0 unspecified atom stereocenters. The fourth-order valence-corrected chi connectivity index (χ4v) is 2.51. The van der Waals surface area contributed by atoms with Gasteiger partial charge >= 0.3 is 0 Å². The van der Waals surface area contributed by atoms with Crippen LogP contribution in [-0.4, -0.2) is 18.9 Å². The lowest BCUT2D eigenvalue weighted by molar-refractivity contribution is 0.101. The lowest BCUT2D eigenvalue weighted by Crippen LogP contribution is -2.19. The molecule has 20 heavy (non-hydrogen) atoms. The van der Waals surface area contributed by atoms with E-state index in [2.05, 4.69) is 5.32 Å². The lowest BCUT2D eigenvalue weighted by Gasteiger charge is -2.09. The predicted molar refractivity (Wildman–Crippen MR) is 75.6 cm³/mol. The van der Waals surface area contributed by atoms with E-state index in [0.29, 0.717) is 11.4 Å². The molecule has 2 aromatic rings. The predicted octanol–water partition coefficient (Wildman–Crippen LogP) is 0.507. The van der Waals surface area contributed by atoms with Gasteiger partial charge in [-0.2, -0.15) is 0 Å². The number of carbonyl (C=O) groups is 1. The Morgan fingerprint density at radius 2 is 1.95 bits per heavy atom. The summed E-state index contributed by atoms with van der Waals surface area (Å²) in [5, 5.41) is 7.61. The van der Waals surface area contributed by atoms with E-state index in [1.54, 1.807) is 23.9 Å². The summed E-state index contributed by atoms with van der Waals surface area (Å²) in [5.74, 6) is -0.472. The molecule has 0 aliphatic rings. The monoisotopic (exact) mass is 294 g/mol. The number of nitrogens with two attached hydrogens (primary N) is 2. The molecule has 1 heterocycles. The number of aryl methyl sites for hydroxylation is 1. The van der Waals surface area contributed by atoms with E-state index >= 15 is 0 Å². The molecule has 106 valence electrons. The SMILES string of the molecule is Cn1cc(N)cc1C(=O)Nc1ccccc1S(N)(=O)=O. The molecule has 0 bridgehead atoms. The Bertz CT molecular complexity index is 765. The van der Waals surface area contributed by atoms with Gasteiger partial charge in [0.25, 0.3) is 5.91 Å². The van der Waals surface area contributed by atoms with Gasteiger partial charge in [0, 0.05) is 13.2 Å². The van der Waals surface area contributed by atoms with Gasteiger partial charge in [0.15, 0.2) is 0 Å². The third-order valence-corrected chi connectivity index (χ3v) is 3.67. The van der Waals surface area contributed by atoms with Crippen molar-refractivity contribution >= 4 is 27.3 Å². The van der Waals surface area contributed by atoms with Crippen molar-refractivity contribution in [2.75, 3.05) is 11.1 Å². The van der Waals surface area contributed by atoms with Crippen LogP contribution in [0.2, 0.25) is 0 Å². The number of nitrogens with zero attached hydrogens (tertiary/aromatic N) is 1. The highest BCUT2D eigenvalue weighted by Gasteiger charge is 2.17. The molecule has 0 spiro atoms. The fraction of sp³-hybridized carbons (Fsp3) is 0.0833. The second kappa shape index (κ2) is 4.99. The summed E-state index contributed by atoms with van der Waals surface area (Å²) in [6.45, 7) is 0. The number of primary sulfonamides is 1. The first-order chi connectivity index (χ1) is 9.29. The van der Waals surface area contributed by atoms with Crippen LogP contribution in [0.4, 0.5) is 11.4 Å². The van der Waals surface area contributed by atoms with Crippen LogP contribution in [0.25, 0.3) is 0 Å².